The first-order chi connectivity index (χ1) is 8.61. The molecule has 96 valence electrons. The molecule has 4 nitrogen and oxygen atoms in total. The lowest BCUT2D eigenvalue weighted by Gasteiger charge is -2.13. The van der Waals surface area contributed by atoms with Gasteiger partial charge in [0.2, 0.25) is 0 Å². The molecule has 1 aromatic heterocycles. The summed E-state index contributed by atoms with van der Waals surface area (Å²) in [5.74, 6) is 0.205. The van der Waals surface area contributed by atoms with Crippen LogP contribution in [0.4, 0.5) is 0 Å². The topological polar surface area (TPSA) is 58.3 Å². The molecule has 18 heavy (non-hydrogen) atoms. The normalized spacial score (nSPS) is 14.4. The maximum Gasteiger partial charge on any atom is 0.109 e. The average molecular weight is 264 g/mol. The molecule has 0 aliphatic rings. The molecular weight excluding hydrogens is 248 g/mol. The van der Waals surface area contributed by atoms with Crippen LogP contribution in [0.1, 0.15) is 17.2 Å². The van der Waals surface area contributed by atoms with Crippen LogP contribution in [-0.4, -0.2) is 31.9 Å². The summed E-state index contributed by atoms with van der Waals surface area (Å²) in [4.78, 5) is 0. The minimum absolute atomic E-state index is 0.205. The number of aliphatic hydroxyl groups is 2. The summed E-state index contributed by atoms with van der Waals surface area (Å²) in [6.07, 6.45) is 1.43. The number of nitrogens with zero attached hydrogens (tertiary/aromatic N) is 2. The lowest BCUT2D eigenvalue weighted by molar-refractivity contribution is 0.0337. The molecule has 2 rings (SSSR count). The van der Waals surface area contributed by atoms with Crippen LogP contribution in [0.5, 0.6) is 0 Å². The second-order valence-corrected chi connectivity index (χ2v) is 4.62. The molecule has 5 heteroatoms. The quantitative estimate of drug-likeness (QED) is 0.734. The largest absolute Gasteiger partial charge is 0.389 e. The molecule has 2 unspecified atom stereocenters. The van der Waals surface area contributed by atoms with Gasteiger partial charge in [-0.15, -0.1) is 0 Å². The first kappa shape index (κ1) is 13.1. The molecule has 0 saturated heterocycles. The number of aryl methyl sites for hydroxylation is 1. The summed E-state index contributed by atoms with van der Waals surface area (Å²) in [5, 5.41) is 23.6. The predicted octanol–water partition coefficient (Wildman–Crippen LogP) is 1.50. The maximum absolute atomic E-state index is 9.85. The zero-order chi connectivity index (χ0) is 13.1. The van der Waals surface area contributed by atoms with Gasteiger partial charge in [0, 0.05) is 17.5 Å². The molecule has 0 radical (unpaired) electrons. The Labute approximate surface area is 111 Å². The Morgan fingerprint density at radius 1 is 1.39 bits per heavy atom. The molecule has 0 saturated carbocycles. The van der Waals surface area contributed by atoms with Crippen molar-refractivity contribution < 1.29 is 10.2 Å². The molecule has 0 bridgehead atoms. The van der Waals surface area contributed by atoms with Gasteiger partial charge in [0.25, 0.3) is 0 Å². The maximum atomic E-state index is 9.85. The third kappa shape index (κ3) is 2.75. The molecular formula is C13H16N2O2S. The number of hydrogen-bond donors (Lipinski definition) is 3. The lowest BCUT2D eigenvalue weighted by atomic mass is 10.1. The van der Waals surface area contributed by atoms with Gasteiger partial charge in [0.1, 0.15) is 6.10 Å². The van der Waals surface area contributed by atoms with Crippen LogP contribution in [0.15, 0.2) is 36.7 Å². The molecule has 1 aromatic carbocycles. The van der Waals surface area contributed by atoms with Crippen molar-refractivity contribution in [2.75, 3.05) is 5.75 Å². The number of thiol groups is 1. The highest BCUT2D eigenvalue weighted by Gasteiger charge is 2.18. The SMILES string of the molecule is Cc1cccc(-n2cc(C(O)C(O)CS)cn2)c1. The summed E-state index contributed by atoms with van der Waals surface area (Å²) in [5.41, 5.74) is 2.65. The summed E-state index contributed by atoms with van der Waals surface area (Å²) >= 11 is 3.96. The molecule has 2 aromatic rings. The second-order valence-electron chi connectivity index (χ2n) is 4.25. The summed E-state index contributed by atoms with van der Waals surface area (Å²) in [6, 6.07) is 7.89. The fourth-order valence-electron chi connectivity index (χ4n) is 1.72. The van der Waals surface area contributed by atoms with E-state index in [0.717, 1.165) is 11.3 Å². The van der Waals surface area contributed by atoms with Crippen molar-refractivity contribution in [1.29, 1.82) is 0 Å². The summed E-state index contributed by atoms with van der Waals surface area (Å²) in [7, 11) is 0. The van der Waals surface area contributed by atoms with Gasteiger partial charge in [0.05, 0.1) is 18.0 Å². The number of aromatic nitrogens is 2. The Kier molecular flexibility index (Phi) is 4.06. The van der Waals surface area contributed by atoms with Crippen LogP contribution in [0.25, 0.3) is 5.69 Å². The number of hydrogen-bond acceptors (Lipinski definition) is 4. The molecule has 2 N–H and O–H groups in total. The highest BCUT2D eigenvalue weighted by atomic mass is 32.1. The van der Waals surface area contributed by atoms with Crippen molar-refractivity contribution in [3.63, 3.8) is 0 Å². The van der Waals surface area contributed by atoms with E-state index in [1.54, 1.807) is 17.1 Å². The highest BCUT2D eigenvalue weighted by molar-refractivity contribution is 7.80. The van der Waals surface area contributed by atoms with E-state index in [-0.39, 0.29) is 5.75 Å². The minimum atomic E-state index is -0.957. The smallest absolute Gasteiger partial charge is 0.109 e. The van der Waals surface area contributed by atoms with Crippen LogP contribution >= 0.6 is 12.6 Å². The molecule has 0 aliphatic heterocycles. The zero-order valence-electron chi connectivity index (χ0n) is 10.1. The lowest BCUT2D eigenvalue weighted by Crippen LogP contribution is -2.19. The fourth-order valence-corrected chi connectivity index (χ4v) is 1.92. The van der Waals surface area contributed by atoms with Gasteiger partial charge < -0.3 is 10.2 Å². The van der Waals surface area contributed by atoms with E-state index < -0.39 is 12.2 Å². The van der Waals surface area contributed by atoms with E-state index in [2.05, 4.69) is 17.7 Å². The number of rotatable bonds is 4. The predicted molar refractivity (Wildman–Crippen MR) is 73.1 cm³/mol. The van der Waals surface area contributed by atoms with E-state index in [4.69, 9.17) is 0 Å². The van der Waals surface area contributed by atoms with E-state index in [1.807, 2.05) is 31.2 Å². The van der Waals surface area contributed by atoms with E-state index in [9.17, 15) is 10.2 Å². The molecule has 0 aliphatic carbocycles. The number of benzene rings is 1. The van der Waals surface area contributed by atoms with Gasteiger partial charge in [-0.1, -0.05) is 12.1 Å². The number of aliphatic hydroxyl groups excluding tert-OH is 2. The first-order valence-corrected chi connectivity index (χ1v) is 6.33. The van der Waals surface area contributed by atoms with Crippen molar-refractivity contribution >= 4 is 12.6 Å². The van der Waals surface area contributed by atoms with Crippen molar-refractivity contribution in [2.24, 2.45) is 0 Å². The van der Waals surface area contributed by atoms with E-state index in [1.165, 1.54) is 0 Å². The monoisotopic (exact) mass is 264 g/mol. The van der Waals surface area contributed by atoms with E-state index >= 15 is 0 Å². The minimum Gasteiger partial charge on any atom is -0.389 e. The third-order valence-electron chi connectivity index (χ3n) is 2.76. The van der Waals surface area contributed by atoms with Gasteiger partial charge in [-0.2, -0.15) is 17.7 Å². The van der Waals surface area contributed by atoms with Gasteiger partial charge in [-0.3, -0.25) is 0 Å². The Morgan fingerprint density at radius 3 is 2.83 bits per heavy atom. The fraction of sp³-hybridized carbons (Fsp3) is 0.308. The van der Waals surface area contributed by atoms with Gasteiger partial charge in [-0.25, -0.2) is 4.68 Å². The summed E-state index contributed by atoms with van der Waals surface area (Å²) < 4.78 is 1.68. The van der Waals surface area contributed by atoms with Crippen LogP contribution in [0, 0.1) is 6.92 Å². The van der Waals surface area contributed by atoms with Crippen LogP contribution in [0.3, 0.4) is 0 Å². The molecule has 0 fully saturated rings. The van der Waals surface area contributed by atoms with Gasteiger partial charge in [-0.05, 0) is 24.6 Å². The molecule has 1 heterocycles. The third-order valence-corrected chi connectivity index (χ3v) is 3.14. The average Bonchev–Trinajstić information content (AvgIpc) is 2.86. The Morgan fingerprint density at radius 2 is 2.17 bits per heavy atom. The van der Waals surface area contributed by atoms with E-state index in [0.29, 0.717) is 5.56 Å². The van der Waals surface area contributed by atoms with Crippen molar-refractivity contribution in [3.05, 3.63) is 47.8 Å². The Hall–Kier alpha value is -1.30. The summed E-state index contributed by atoms with van der Waals surface area (Å²) in [6.45, 7) is 2.01. The Balaban J connectivity index is 2.25. The van der Waals surface area contributed by atoms with Gasteiger partial charge in [0.15, 0.2) is 0 Å². The highest BCUT2D eigenvalue weighted by Crippen LogP contribution is 2.19. The van der Waals surface area contributed by atoms with Crippen LogP contribution in [-0.2, 0) is 0 Å². The van der Waals surface area contributed by atoms with Crippen molar-refractivity contribution in [1.82, 2.24) is 9.78 Å². The molecule has 0 amide bonds. The van der Waals surface area contributed by atoms with Gasteiger partial charge >= 0.3 is 0 Å². The first-order valence-electron chi connectivity index (χ1n) is 5.70. The standard InChI is InChI=1S/C13H16N2O2S/c1-9-3-2-4-11(5-9)15-7-10(6-14-15)13(17)12(16)8-18/h2-7,12-13,16-18H,8H2,1H3. The zero-order valence-corrected chi connectivity index (χ0v) is 11.0. The van der Waals surface area contributed by atoms with Crippen LogP contribution < -0.4 is 0 Å². The Bertz CT molecular complexity index is 527. The molecule has 0 spiro atoms. The van der Waals surface area contributed by atoms with Crippen molar-refractivity contribution in [2.45, 2.75) is 19.1 Å². The second kappa shape index (κ2) is 5.56. The van der Waals surface area contributed by atoms with Crippen LogP contribution in [0.2, 0.25) is 0 Å². The molecule has 2 atom stereocenters. The van der Waals surface area contributed by atoms with Crippen molar-refractivity contribution in [3.8, 4) is 5.69 Å².